The van der Waals surface area contributed by atoms with Crippen LogP contribution in [0.15, 0.2) is 29.6 Å². The lowest BCUT2D eigenvalue weighted by atomic mass is 10.1. The first-order valence-electron chi connectivity index (χ1n) is 6.31. The molecule has 2 rings (SSSR count). The summed E-state index contributed by atoms with van der Waals surface area (Å²) in [5.74, 6) is -0.183. The van der Waals surface area contributed by atoms with Gasteiger partial charge >= 0.3 is 0 Å². The molecule has 0 aliphatic heterocycles. The van der Waals surface area contributed by atoms with Gasteiger partial charge in [0.25, 0.3) is 5.91 Å². The molecule has 0 saturated carbocycles. The topological polar surface area (TPSA) is 68.0 Å². The highest BCUT2D eigenvalue weighted by molar-refractivity contribution is 7.09. The molecular formula is C14H17Cl2N3OS. The molecule has 0 spiro atoms. The number of nitrogens with zero attached hydrogens (tertiary/aromatic N) is 1. The summed E-state index contributed by atoms with van der Waals surface area (Å²) >= 11 is 7.40. The number of hydrogen-bond acceptors (Lipinski definition) is 4. The summed E-state index contributed by atoms with van der Waals surface area (Å²) in [6, 6.07) is 7.31. The average molecular weight is 346 g/mol. The molecule has 0 saturated heterocycles. The van der Waals surface area contributed by atoms with E-state index in [1.54, 1.807) is 11.4 Å². The summed E-state index contributed by atoms with van der Waals surface area (Å²) in [6.45, 7) is 2.45. The number of hydrogen-bond donors (Lipinski definition) is 2. The summed E-state index contributed by atoms with van der Waals surface area (Å²) in [5.41, 5.74) is 6.87. The highest BCUT2D eigenvalue weighted by Gasteiger charge is 2.14. The molecule has 0 aliphatic rings. The molecule has 7 heteroatoms. The van der Waals surface area contributed by atoms with E-state index in [0.29, 0.717) is 23.7 Å². The van der Waals surface area contributed by atoms with Crippen molar-refractivity contribution in [2.75, 3.05) is 6.54 Å². The molecule has 114 valence electrons. The van der Waals surface area contributed by atoms with Crippen LogP contribution in [0.2, 0.25) is 5.02 Å². The number of carbonyl (C=O) groups is 1. The number of nitrogens with one attached hydrogen (secondary N) is 1. The van der Waals surface area contributed by atoms with E-state index in [4.69, 9.17) is 17.3 Å². The van der Waals surface area contributed by atoms with Gasteiger partial charge in [-0.05, 0) is 31.2 Å². The lowest BCUT2D eigenvalue weighted by molar-refractivity contribution is 0.0935. The van der Waals surface area contributed by atoms with Gasteiger partial charge in [0.15, 0.2) is 0 Å². The standard InChI is InChI=1S/C14H16ClN3OS.ClH/c1-9(10-3-2-4-11(15)7-10)17-14(19)12-8-20-13(18-12)5-6-16;/h2-4,7-9H,5-6,16H2,1H3,(H,17,19);1H/t9-;/m1./s1. The first kappa shape index (κ1) is 17.9. The maximum absolute atomic E-state index is 12.1. The number of carbonyl (C=O) groups excluding carboxylic acids is 1. The Hall–Kier alpha value is -1.14. The maximum atomic E-state index is 12.1. The molecule has 1 aromatic heterocycles. The first-order chi connectivity index (χ1) is 9.60. The van der Waals surface area contributed by atoms with Crippen molar-refractivity contribution < 1.29 is 4.79 Å². The lowest BCUT2D eigenvalue weighted by Gasteiger charge is -2.13. The lowest BCUT2D eigenvalue weighted by Crippen LogP contribution is -2.27. The van der Waals surface area contributed by atoms with Crippen molar-refractivity contribution in [3.63, 3.8) is 0 Å². The molecule has 1 heterocycles. The first-order valence-corrected chi connectivity index (χ1v) is 7.56. The molecular weight excluding hydrogens is 329 g/mol. The number of aromatic nitrogens is 1. The number of nitrogens with two attached hydrogens (primary N) is 1. The molecule has 2 aromatic rings. The normalized spacial score (nSPS) is 11.6. The second-order valence-electron chi connectivity index (χ2n) is 4.42. The van der Waals surface area contributed by atoms with Crippen molar-refractivity contribution in [1.29, 1.82) is 0 Å². The van der Waals surface area contributed by atoms with Crippen LogP contribution in [0.3, 0.4) is 0 Å². The summed E-state index contributed by atoms with van der Waals surface area (Å²) in [7, 11) is 0. The molecule has 0 fully saturated rings. The third-order valence-corrected chi connectivity index (χ3v) is 3.98. The largest absolute Gasteiger partial charge is 0.344 e. The quantitative estimate of drug-likeness (QED) is 0.874. The molecule has 3 N–H and O–H groups in total. The van der Waals surface area contributed by atoms with E-state index in [1.807, 2.05) is 25.1 Å². The van der Waals surface area contributed by atoms with Gasteiger partial charge < -0.3 is 11.1 Å². The average Bonchev–Trinajstić information content (AvgIpc) is 2.88. The van der Waals surface area contributed by atoms with Gasteiger partial charge in [-0.3, -0.25) is 4.79 Å². The van der Waals surface area contributed by atoms with Crippen LogP contribution in [0.1, 0.15) is 34.0 Å². The van der Waals surface area contributed by atoms with Gasteiger partial charge in [-0.25, -0.2) is 4.98 Å². The number of thiazole rings is 1. The van der Waals surface area contributed by atoms with Crippen molar-refractivity contribution >= 4 is 41.3 Å². The van der Waals surface area contributed by atoms with Crippen LogP contribution in [-0.4, -0.2) is 17.4 Å². The Bertz CT molecular complexity index is 603. The molecule has 21 heavy (non-hydrogen) atoms. The fourth-order valence-corrected chi connectivity index (χ4v) is 2.78. The van der Waals surface area contributed by atoms with Gasteiger partial charge in [0, 0.05) is 16.8 Å². The van der Waals surface area contributed by atoms with E-state index in [1.165, 1.54) is 11.3 Å². The third kappa shape index (κ3) is 4.97. The molecule has 0 aliphatic carbocycles. The minimum absolute atomic E-state index is 0. The van der Waals surface area contributed by atoms with E-state index < -0.39 is 0 Å². The minimum Gasteiger partial charge on any atom is -0.344 e. The number of amides is 1. The van der Waals surface area contributed by atoms with Crippen LogP contribution in [0.4, 0.5) is 0 Å². The highest BCUT2D eigenvalue weighted by atomic mass is 35.5. The van der Waals surface area contributed by atoms with E-state index in [2.05, 4.69) is 10.3 Å². The predicted molar refractivity (Wildman–Crippen MR) is 89.5 cm³/mol. The van der Waals surface area contributed by atoms with Crippen molar-refractivity contribution in [3.8, 4) is 0 Å². The smallest absolute Gasteiger partial charge is 0.271 e. The van der Waals surface area contributed by atoms with Crippen molar-refractivity contribution in [3.05, 3.63) is 50.9 Å². The van der Waals surface area contributed by atoms with E-state index in [9.17, 15) is 4.79 Å². The Kier molecular flexibility index (Phi) is 7.11. The van der Waals surface area contributed by atoms with E-state index in [0.717, 1.165) is 10.6 Å². The van der Waals surface area contributed by atoms with Crippen LogP contribution >= 0.6 is 35.3 Å². The maximum Gasteiger partial charge on any atom is 0.271 e. The zero-order valence-electron chi connectivity index (χ0n) is 11.5. The Morgan fingerprint density at radius 2 is 2.29 bits per heavy atom. The second-order valence-corrected chi connectivity index (χ2v) is 5.79. The third-order valence-electron chi connectivity index (χ3n) is 2.84. The number of benzene rings is 1. The molecule has 1 aromatic carbocycles. The van der Waals surface area contributed by atoms with Crippen LogP contribution in [0.25, 0.3) is 0 Å². The Morgan fingerprint density at radius 3 is 2.95 bits per heavy atom. The van der Waals surface area contributed by atoms with Gasteiger partial charge in [0.2, 0.25) is 0 Å². The molecule has 1 atom stereocenters. The number of rotatable bonds is 5. The zero-order valence-corrected chi connectivity index (χ0v) is 13.9. The monoisotopic (exact) mass is 345 g/mol. The zero-order chi connectivity index (χ0) is 14.5. The SMILES string of the molecule is C[C@@H](NC(=O)c1csc(CCN)n1)c1cccc(Cl)c1.Cl. The fourth-order valence-electron chi connectivity index (χ4n) is 1.78. The molecule has 1 amide bonds. The van der Waals surface area contributed by atoms with Crippen LogP contribution in [0.5, 0.6) is 0 Å². The van der Waals surface area contributed by atoms with Gasteiger partial charge in [0.1, 0.15) is 5.69 Å². The molecule has 0 unspecified atom stereocenters. The molecule has 4 nitrogen and oxygen atoms in total. The Labute approximate surface area is 139 Å². The summed E-state index contributed by atoms with van der Waals surface area (Å²) in [4.78, 5) is 16.4. The predicted octanol–water partition coefficient (Wildman–Crippen LogP) is 3.21. The van der Waals surface area contributed by atoms with Gasteiger partial charge in [-0.15, -0.1) is 23.7 Å². The minimum atomic E-state index is -0.183. The highest BCUT2D eigenvalue weighted by Crippen LogP contribution is 2.18. The summed E-state index contributed by atoms with van der Waals surface area (Å²) < 4.78 is 0. The second kappa shape index (κ2) is 8.34. The van der Waals surface area contributed by atoms with E-state index in [-0.39, 0.29) is 24.4 Å². The van der Waals surface area contributed by atoms with Gasteiger partial charge in [0.05, 0.1) is 11.0 Å². The molecule has 0 radical (unpaired) electrons. The molecule has 0 bridgehead atoms. The number of halogens is 2. The van der Waals surface area contributed by atoms with E-state index >= 15 is 0 Å². The van der Waals surface area contributed by atoms with Crippen LogP contribution in [-0.2, 0) is 6.42 Å². The van der Waals surface area contributed by atoms with Crippen LogP contribution in [0, 0.1) is 0 Å². The van der Waals surface area contributed by atoms with Crippen molar-refractivity contribution in [2.45, 2.75) is 19.4 Å². The Morgan fingerprint density at radius 1 is 1.52 bits per heavy atom. The Balaban J connectivity index is 0.00000220. The van der Waals surface area contributed by atoms with Crippen molar-refractivity contribution in [2.24, 2.45) is 5.73 Å². The van der Waals surface area contributed by atoms with Gasteiger partial charge in [-0.1, -0.05) is 23.7 Å². The fraction of sp³-hybridized carbons (Fsp3) is 0.286. The van der Waals surface area contributed by atoms with Crippen molar-refractivity contribution in [1.82, 2.24) is 10.3 Å². The summed E-state index contributed by atoms with van der Waals surface area (Å²) in [6.07, 6.45) is 0.696. The summed E-state index contributed by atoms with van der Waals surface area (Å²) in [5, 5.41) is 6.20. The van der Waals surface area contributed by atoms with Gasteiger partial charge in [-0.2, -0.15) is 0 Å². The van der Waals surface area contributed by atoms with Crippen LogP contribution < -0.4 is 11.1 Å².